The molecule has 0 spiro atoms. The zero-order valence-corrected chi connectivity index (χ0v) is 8.66. The summed E-state index contributed by atoms with van der Waals surface area (Å²) in [6.45, 7) is 0. The Kier molecular flexibility index (Phi) is 2.51. The normalized spacial score (nSPS) is 9.82. The van der Waals surface area contributed by atoms with Crippen molar-refractivity contribution < 1.29 is 9.90 Å². The SMILES string of the molecule is N#Cc1cnn(-c2ccc(C(=O)O)cc2)c1N. The number of nitriles is 1. The Morgan fingerprint density at radius 3 is 2.53 bits per heavy atom. The van der Waals surface area contributed by atoms with Gasteiger partial charge in [-0.1, -0.05) is 0 Å². The number of aromatic carboxylic acids is 1. The van der Waals surface area contributed by atoms with Gasteiger partial charge in [0.1, 0.15) is 17.5 Å². The Bertz CT molecular complexity index is 607. The first-order valence-corrected chi connectivity index (χ1v) is 4.71. The molecule has 0 amide bonds. The summed E-state index contributed by atoms with van der Waals surface area (Å²) < 4.78 is 1.38. The zero-order chi connectivity index (χ0) is 12.4. The van der Waals surface area contributed by atoms with Crippen molar-refractivity contribution in [2.75, 3.05) is 5.73 Å². The molecule has 6 nitrogen and oxygen atoms in total. The predicted octanol–water partition coefficient (Wildman–Crippen LogP) is 1.02. The van der Waals surface area contributed by atoms with Crippen molar-refractivity contribution in [2.45, 2.75) is 0 Å². The van der Waals surface area contributed by atoms with E-state index in [1.54, 1.807) is 12.1 Å². The molecule has 0 bridgehead atoms. The molecule has 0 fully saturated rings. The molecule has 2 rings (SSSR count). The minimum atomic E-state index is -0.997. The van der Waals surface area contributed by atoms with Crippen molar-refractivity contribution in [2.24, 2.45) is 0 Å². The van der Waals surface area contributed by atoms with Crippen LogP contribution in [0.25, 0.3) is 5.69 Å². The van der Waals surface area contributed by atoms with E-state index in [1.807, 2.05) is 6.07 Å². The van der Waals surface area contributed by atoms with Crippen molar-refractivity contribution in [3.8, 4) is 11.8 Å². The van der Waals surface area contributed by atoms with Gasteiger partial charge in [-0.2, -0.15) is 10.4 Å². The summed E-state index contributed by atoms with van der Waals surface area (Å²) in [4.78, 5) is 10.7. The van der Waals surface area contributed by atoms with Gasteiger partial charge in [0.15, 0.2) is 0 Å². The third-order valence-corrected chi connectivity index (χ3v) is 2.29. The molecule has 0 aliphatic rings. The maximum Gasteiger partial charge on any atom is 0.335 e. The van der Waals surface area contributed by atoms with Gasteiger partial charge in [-0.3, -0.25) is 0 Å². The van der Waals surface area contributed by atoms with Gasteiger partial charge in [-0.15, -0.1) is 0 Å². The summed E-state index contributed by atoms with van der Waals surface area (Å²) >= 11 is 0. The fraction of sp³-hybridized carbons (Fsp3) is 0. The molecule has 17 heavy (non-hydrogen) atoms. The van der Waals surface area contributed by atoms with Crippen molar-refractivity contribution in [1.29, 1.82) is 5.26 Å². The number of nitrogens with two attached hydrogens (primary N) is 1. The lowest BCUT2D eigenvalue weighted by atomic mass is 10.2. The van der Waals surface area contributed by atoms with E-state index < -0.39 is 5.97 Å². The largest absolute Gasteiger partial charge is 0.478 e. The molecule has 84 valence electrons. The number of carbonyl (C=O) groups is 1. The maximum atomic E-state index is 10.7. The summed E-state index contributed by atoms with van der Waals surface area (Å²) in [6.07, 6.45) is 1.36. The monoisotopic (exact) mass is 228 g/mol. The second-order valence-corrected chi connectivity index (χ2v) is 3.32. The first-order valence-electron chi connectivity index (χ1n) is 4.71. The standard InChI is InChI=1S/C11H8N4O2/c12-5-8-6-14-15(10(8)13)9-3-1-7(2-4-9)11(16)17/h1-4,6H,13H2,(H,16,17). The molecule has 0 aliphatic carbocycles. The number of nitrogen functional groups attached to an aromatic ring is 1. The summed E-state index contributed by atoms with van der Waals surface area (Å²) in [5.74, 6) is -0.765. The molecule has 0 unspecified atom stereocenters. The van der Waals surface area contributed by atoms with Crippen LogP contribution in [0.3, 0.4) is 0 Å². The van der Waals surface area contributed by atoms with E-state index in [2.05, 4.69) is 5.10 Å². The maximum absolute atomic E-state index is 10.7. The number of aromatic nitrogens is 2. The van der Waals surface area contributed by atoms with E-state index in [4.69, 9.17) is 16.1 Å². The van der Waals surface area contributed by atoms with E-state index in [0.29, 0.717) is 5.69 Å². The van der Waals surface area contributed by atoms with Crippen LogP contribution in [0.4, 0.5) is 5.82 Å². The quantitative estimate of drug-likeness (QED) is 0.798. The van der Waals surface area contributed by atoms with Crippen LogP contribution in [0.15, 0.2) is 30.5 Å². The van der Waals surface area contributed by atoms with E-state index in [9.17, 15) is 4.79 Å². The van der Waals surface area contributed by atoms with Gasteiger partial charge in [-0.25, -0.2) is 9.48 Å². The molecule has 1 aromatic heterocycles. The van der Waals surface area contributed by atoms with Crippen molar-refractivity contribution >= 4 is 11.8 Å². The minimum absolute atomic E-state index is 0.181. The lowest BCUT2D eigenvalue weighted by molar-refractivity contribution is 0.0697. The molecule has 0 saturated heterocycles. The molecular weight excluding hydrogens is 220 g/mol. The fourth-order valence-corrected chi connectivity index (χ4v) is 1.40. The second-order valence-electron chi connectivity index (χ2n) is 3.32. The number of anilines is 1. The molecule has 2 aromatic rings. The molecule has 1 aromatic carbocycles. The van der Waals surface area contributed by atoms with Gasteiger partial charge in [0.05, 0.1) is 17.4 Å². The van der Waals surface area contributed by atoms with Crippen LogP contribution in [-0.2, 0) is 0 Å². The first-order chi connectivity index (χ1) is 8.13. The molecule has 3 N–H and O–H groups in total. The molecule has 1 heterocycles. The molecule has 6 heteroatoms. The zero-order valence-electron chi connectivity index (χ0n) is 8.66. The fourth-order valence-electron chi connectivity index (χ4n) is 1.40. The lowest BCUT2D eigenvalue weighted by Gasteiger charge is -2.04. The molecule has 0 radical (unpaired) electrons. The van der Waals surface area contributed by atoms with E-state index >= 15 is 0 Å². The van der Waals surface area contributed by atoms with Gasteiger partial charge in [0.2, 0.25) is 0 Å². The number of carboxylic acids is 1. The van der Waals surface area contributed by atoms with E-state index in [-0.39, 0.29) is 16.9 Å². The predicted molar refractivity (Wildman–Crippen MR) is 59.7 cm³/mol. The highest BCUT2D eigenvalue weighted by Gasteiger charge is 2.09. The molecule has 0 atom stereocenters. The van der Waals surface area contributed by atoms with E-state index in [0.717, 1.165) is 0 Å². The van der Waals surface area contributed by atoms with Crippen LogP contribution >= 0.6 is 0 Å². The van der Waals surface area contributed by atoms with Gasteiger partial charge in [0.25, 0.3) is 0 Å². The van der Waals surface area contributed by atoms with Crippen molar-refractivity contribution in [3.63, 3.8) is 0 Å². The number of rotatable bonds is 2. The topological polar surface area (TPSA) is 105 Å². The first kappa shape index (κ1) is 10.7. The molecule has 0 aliphatic heterocycles. The number of benzene rings is 1. The number of hydrogen-bond acceptors (Lipinski definition) is 4. The van der Waals surface area contributed by atoms with E-state index in [1.165, 1.54) is 23.0 Å². The van der Waals surface area contributed by atoms with Crippen LogP contribution in [0.1, 0.15) is 15.9 Å². The number of carboxylic acid groups (broad SMARTS) is 1. The van der Waals surface area contributed by atoms with Gasteiger partial charge < -0.3 is 10.8 Å². The Morgan fingerprint density at radius 2 is 2.06 bits per heavy atom. The average molecular weight is 228 g/mol. The highest BCUT2D eigenvalue weighted by molar-refractivity contribution is 5.87. The Labute approximate surface area is 96.5 Å². The highest BCUT2D eigenvalue weighted by Crippen LogP contribution is 2.16. The van der Waals surface area contributed by atoms with Crippen LogP contribution in [0.2, 0.25) is 0 Å². The highest BCUT2D eigenvalue weighted by atomic mass is 16.4. The van der Waals surface area contributed by atoms with Gasteiger partial charge in [-0.05, 0) is 24.3 Å². The third-order valence-electron chi connectivity index (χ3n) is 2.29. The van der Waals surface area contributed by atoms with Crippen molar-refractivity contribution in [3.05, 3.63) is 41.6 Å². The lowest BCUT2D eigenvalue weighted by Crippen LogP contribution is -2.03. The Hall–Kier alpha value is -2.81. The average Bonchev–Trinajstić information content (AvgIpc) is 2.70. The Balaban J connectivity index is 2.44. The molecular formula is C11H8N4O2. The van der Waals surface area contributed by atoms with Gasteiger partial charge >= 0.3 is 5.97 Å². The smallest absolute Gasteiger partial charge is 0.335 e. The summed E-state index contributed by atoms with van der Waals surface area (Å²) in [5, 5.41) is 21.4. The number of hydrogen-bond donors (Lipinski definition) is 2. The Morgan fingerprint density at radius 1 is 1.41 bits per heavy atom. The van der Waals surface area contributed by atoms with Crippen LogP contribution < -0.4 is 5.73 Å². The number of nitrogens with zero attached hydrogens (tertiary/aromatic N) is 3. The second kappa shape index (κ2) is 3.98. The summed E-state index contributed by atoms with van der Waals surface area (Å²) in [7, 11) is 0. The minimum Gasteiger partial charge on any atom is -0.478 e. The molecule has 0 saturated carbocycles. The van der Waals surface area contributed by atoms with Crippen molar-refractivity contribution in [1.82, 2.24) is 9.78 Å². The summed E-state index contributed by atoms with van der Waals surface area (Å²) in [5.41, 5.74) is 6.78. The van der Waals surface area contributed by atoms with Crippen LogP contribution in [-0.4, -0.2) is 20.9 Å². The third kappa shape index (κ3) is 1.81. The van der Waals surface area contributed by atoms with Crippen LogP contribution in [0.5, 0.6) is 0 Å². The summed E-state index contributed by atoms with van der Waals surface area (Å²) in [6, 6.07) is 7.97. The van der Waals surface area contributed by atoms with Gasteiger partial charge in [0, 0.05) is 0 Å². The van der Waals surface area contributed by atoms with Crippen LogP contribution in [0, 0.1) is 11.3 Å².